The van der Waals surface area contributed by atoms with Gasteiger partial charge in [-0.15, -0.1) is 0 Å². The normalized spacial score (nSPS) is 11.3. The highest BCUT2D eigenvalue weighted by Gasteiger charge is 2.16. The number of fused-ring (bicyclic) bond motifs is 3. The van der Waals surface area contributed by atoms with E-state index in [4.69, 9.17) is 21.0 Å². The first kappa shape index (κ1) is 18.7. The molecule has 6 heteroatoms. The number of aromatic nitrogens is 4. The molecule has 0 bridgehead atoms. The van der Waals surface area contributed by atoms with Crippen molar-refractivity contribution >= 4 is 33.5 Å². The van der Waals surface area contributed by atoms with Gasteiger partial charge in [0.1, 0.15) is 11.2 Å². The number of hydrogen-bond acceptors (Lipinski definition) is 5. The minimum Gasteiger partial charge on any atom is -0.455 e. The first-order valence-electron chi connectivity index (χ1n) is 10.1. The Bertz CT molecular complexity index is 1580. The van der Waals surface area contributed by atoms with Crippen LogP contribution in [0.1, 0.15) is 0 Å². The van der Waals surface area contributed by atoms with Gasteiger partial charge in [0, 0.05) is 28.7 Å². The maximum atomic E-state index is 6.30. The van der Waals surface area contributed by atoms with Gasteiger partial charge in [-0.1, -0.05) is 66.7 Å². The SMILES string of the molecule is Clc1nc(-c2ccc(-c3ccccc3)cc2)nc(-c2cccc3c2oc2ccncc23)n1. The Morgan fingerprint density at radius 3 is 2.22 bits per heavy atom. The van der Waals surface area contributed by atoms with Crippen molar-refractivity contribution < 1.29 is 4.42 Å². The molecule has 32 heavy (non-hydrogen) atoms. The highest BCUT2D eigenvalue weighted by Crippen LogP contribution is 2.35. The van der Waals surface area contributed by atoms with E-state index in [1.54, 1.807) is 12.4 Å². The Labute approximate surface area is 188 Å². The molecule has 0 unspecified atom stereocenters. The molecule has 0 atom stereocenters. The van der Waals surface area contributed by atoms with Gasteiger partial charge in [-0.3, -0.25) is 4.98 Å². The monoisotopic (exact) mass is 434 g/mol. The van der Waals surface area contributed by atoms with Crippen LogP contribution in [0.5, 0.6) is 0 Å². The molecule has 0 aliphatic carbocycles. The van der Waals surface area contributed by atoms with Gasteiger partial charge in [0.05, 0.1) is 5.56 Å². The van der Waals surface area contributed by atoms with Gasteiger partial charge in [-0.25, -0.2) is 4.98 Å². The summed E-state index contributed by atoms with van der Waals surface area (Å²) in [5.41, 5.74) is 5.35. The van der Waals surface area contributed by atoms with Crippen LogP contribution in [-0.2, 0) is 0 Å². The summed E-state index contributed by atoms with van der Waals surface area (Å²) >= 11 is 6.30. The number of rotatable bonds is 3. The van der Waals surface area contributed by atoms with Gasteiger partial charge >= 0.3 is 0 Å². The van der Waals surface area contributed by atoms with Crippen LogP contribution in [0.3, 0.4) is 0 Å². The summed E-state index contributed by atoms with van der Waals surface area (Å²) in [5, 5.41) is 2.03. The van der Waals surface area contributed by atoms with Crippen molar-refractivity contribution in [1.29, 1.82) is 0 Å². The number of furan rings is 1. The summed E-state index contributed by atoms with van der Waals surface area (Å²) in [6.07, 6.45) is 3.51. The van der Waals surface area contributed by atoms with Gasteiger partial charge in [-0.05, 0) is 34.9 Å². The molecule has 0 aliphatic heterocycles. The molecule has 152 valence electrons. The maximum Gasteiger partial charge on any atom is 0.226 e. The average Bonchev–Trinajstić information content (AvgIpc) is 3.23. The molecule has 0 fully saturated rings. The molecule has 3 aromatic carbocycles. The number of nitrogens with zero attached hydrogens (tertiary/aromatic N) is 4. The standard InChI is InChI=1S/C26H15ClN4O/c27-26-30-24(18-11-9-17(10-12-18)16-5-2-1-3-6-16)29-25(31-26)20-8-4-7-19-21-15-28-14-13-22(21)32-23(19)20/h1-15H. The van der Waals surface area contributed by atoms with Crippen molar-refractivity contribution in [1.82, 2.24) is 19.9 Å². The summed E-state index contributed by atoms with van der Waals surface area (Å²) < 4.78 is 6.10. The fraction of sp³-hybridized carbons (Fsp3) is 0. The van der Waals surface area contributed by atoms with Crippen LogP contribution < -0.4 is 0 Å². The lowest BCUT2D eigenvalue weighted by Crippen LogP contribution is -1.97. The van der Waals surface area contributed by atoms with Crippen LogP contribution in [0.25, 0.3) is 55.8 Å². The molecule has 0 radical (unpaired) electrons. The minimum absolute atomic E-state index is 0.131. The maximum absolute atomic E-state index is 6.30. The molecule has 6 rings (SSSR count). The molecule has 0 N–H and O–H groups in total. The third kappa shape index (κ3) is 3.20. The van der Waals surface area contributed by atoms with Gasteiger partial charge in [-0.2, -0.15) is 9.97 Å². The van der Waals surface area contributed by atoms with Crippen molar-refractivity contribution in [2.75, 3.05) is 0 Å². The Kier molecular flexibility index (Phi) is 4.40. The molecule has 0 aliphatic rings. The van der Waals surface area contributed by atoms with Crippen LogP contribution in [0.2, 0.25) is 5.28 Å². The van der Waals surface area contributed by atoms with Crippen molar-refractivity contribution in [2.45, 2.75) is 0 Å². The second-order valence-electron chi connectivity index (χ2n) is 7.35. The van der Waals surface area contributed by atoms with E-state index in [2.05, 4.69) is 39.2 Å². The van der Waals surface area contributed by atoms with Crippen molar-refractivity contribution in [3.05, 3.63) is 96.5 Å². The van der Waals surface area contributed by atoms with E-state index >= 15 is 0 Å². The van der Waals surface area contributed by atoms with Crippen LogP contribution in [0, 0.1) is 0 Å². The van der Waals surface area contributed by atoms with Gasteiger partial charge < -0.3 is 4.42 Å². The summed E-state index contributed by atoms with van der Waals surface area (Å²) in [6.45, 7) is 0. The second-order valence-corrected chi connectivity index (χ2v) is 7.69. The fourth-order valence-corrected chi connectivity index (χ4v) is 4.02. The van der Waals surface area contributed by atoms with Gasteiger partial charge in [0.25, 0.3) is 0 Å². The number of halogens is 1. The van der Waals surface area contributed by atoms with Crippen LogP contribution in [-0.4, -0.2) is 19.9 Å². The molecule has 3 heterocycles. The molecule has 0 saturated heterocycles. The highest BCUT2D eigenvalue weighted by molar-refractivity contribution is 6.28. The number of pyridine rings is 1. The van der Waals surface area contributed by atoms with Crippen molar-refractivity contribution in [2.24, 2.45) is 0 Å². The Hall–Kier alpha value is -4.09. The molecule has 0 saturated carbocycles. The first-order chi connectivity index (χ1) is 15.8. The largest absolute Gasteiger partial charge is 0.455 e. The van der Waals surface area contributed by atoms with E-state index in [0.717, 1.165) is 38.6 Å². The summed E-state index contributed by atoms with van der Waals surface area (Å²) in [4.78, 5) is 17.7. The minimum atomic E-state index is 0.131. The fourth-order valence-electron chi connectivity index (χ4n) is 3.86. The van der Waals surface area contributed by atoms with Crippen molar-refractivity contribution in [3.8, 4) is 33.9 Å². The summed E-state index contributed by atoms with van der Waals surface area (Å²) in [6, 6.07) is 26.0. The van der Waals surface area contributed by atoms with E-state index in [-0.39, 0.29) is 5.28 Å². The lowest BCUT2D eigenvalue weighted by molar-refractivity contribution is 0.669. The Morgan fingerprint density at radius 1 is 0.625 bits per heavy atom. The van der Waals surface area contributed by atoms with E-state index < -0.39 is 0 Å². The zero-order valence-electron chi connectivity index (χ0n) is 16.7. The average molecular weight is 435 g/mol. The summed E-state index contributed by atoms with van der Waals surface area (Å²) in [7, 11) is 0. The second kappa shape index (κ2) is 7.55. The molecule has 5 nitrogen and oxygen atoms in total. The van der Waals surface area contributed by atoms with Crippen LogP contribution >= 0.6 is 11.6 Å². The predicted molar refractivity (Wildman–Crippen MR) is 126 cm³/mol. The summed E-state index contributed by atoms with van der Waals surface area (Å²) in [5.74, 6) is 0.971. The zero-order chi connectivity index (χ0) is 21.5. The molecule has 6 aromatic rings. The first-order valence-corrected chi connectivity index (χ1v) is 10.5. The molecule has 0 spiro atoms. The van der Waals surface area contributed by atoms with E-state index in [1.807, 2.05) is 54.6 Å². The zero-order valence-corrected chi connectivity index (χ0v) is 17.5. The molecule has 0 amide bonds. The topological polar surface area (TPSA) is 64.7 Å². The molecule has 3 aromatic heterocycles. The predicted octanol–water partition coefficient (Wildman–Crippen LogP) is 6.82. The van der Waals surface area contributed by atoms with Crippen LogP contribution in [0.15, 0.2) is 95.7 Å². The quantitative estimate of drug-likeness (QED) is 0.305. The number of benzene rings is 3. The third-order valence-electron chi connectivity index (χ3n) is 5.40. The van der Waals surface area contributed by atoms with E-state index in [0.29, 0.717) is 17.2 Å². The van der Waals surface area contributed by atoms with Gasteiger partial charge in [0.2, 0.25) is 5.28 Å². The smallest absolute Gasteiger partial charge is 0.226 e. The molecular formula is C26H15ClN4O. The van der Waals surface area contributed by atoms with Crippen LogP contribution in [0.4, 0.5) is 0 Å². The highest BCUT2D eigenvalue weighted by atomic mass is 35.5. The van der Waals surface area contributed by atoms with Crippen molar-refractivity contribution in [3.63, 3.8) is 0 Å². The third-order valence-corrected chi connectivity index (χ3v) is 5.57. The van der Waals surface area contributed by atoms with E-state index in [9.17, 15) is 0 Å². The lowest BCUT2D eigenvalue weighted by Gasteiger charge is -2.07. The number of para-hydroxylation sites is 1. The Balaban J connectivity index is 1.46. The lowest BCUT2D eigenvalue weighted by atomic mass is 10.0. The number of hydrogen-bond donors (Lipinski definition) is 0. The Morgan fingerprint density at radius 2 is 1.38 bits per heavy atom. The van der Waals surface area contributed by atoms with E-state index in [1.165, 1.54) is 0 Å². The van der Waals surface area contributed by atoms with Gasteiger partial charge in [0.15, 0.2) is 11.6 Å². The molecular weight excluding hydrogens is 420 g/mol.